The number of rotatable bonds is 6. The number of ether oxygens (including phenoxy) is 2. The quantitative estimate of drug-likeness (QED) is 0.888. The molecule has 2 aromatic rings. The summed E-state index contributed by atoms with van der Waals surface area (Å²) in [6.45, 7) is 4.40. The maximum Gasteiger partial charge on any atom is 0.250 e. The van der Waals surface area contributed by atoms with E-state index in [1.807, 2.05) is 56.3 Å². The molecule has 0 aliphatic heterocycles. The Bertz CT molecular complexity index is 653. The summed E-state index contributed by atoms with van der Waals surface area (Å²) in [5.41, 5.74) is 4.02. The maximum absolute atomic E-state index is 11.9. The molecule has 0 unspecified atom stereocenters. The first kappa shape index (κ1) is 16.0. The minimum absolute atomic E-state index is 0.0184. The van der Waals surface area contributed by atoms with Crippen molar-refractivity contribution < 1.29 is 14.3 Å². The van der Waals surface area contributed by atoms with Gasteiger partial charge in [0.2, 0.25) is 5.91 Å². The molecule has 22 heavy (non-hydrogen) atoms. The zero-order valence-corrected chi connectivity index (χ0v) is 13.2. The van der Waals surface area contributed by atoms with Crippen molar-refractivity contribution >= 4 is 11.6 Å². The molecule has 0 atom stereocenters. The van der Waals surface area contributed by atoms with E-state index in [-0.39, 0.29) is 12.5 Å². The molecule has 0 spiro atoms. The summed E-state index contributed by atoms with van der Waals surface area (Å²) in [6, 6.07) is 13.4. The molecule has 0 heterocycles. The topological polar surface area (TPSA) is 47.6 Å². The van der Waals surface area contributed by atoms with Crippen molar-refractivity contribution in [2.24, 2.45) is 0 Å². The van der Waals surface area contributed by atoms with E-state index in [2.05, 4.69) is 5.32 Å². The standard InChI is InChI=1S/C18H21NO3/c1-13-6-4-9-17(14(13)2)19-18(20)12-22-11-15-7-5-8-16(10-15)21-3/h4-10H,11-12H2,1-3H3,(H,19,20). The fraction of sp³-hybridized carbons (Fsp3) is 0.278. The van der Waals surface area contributed by atoms with E-state index in [4.69, 9.17) is 9.47 Å². The lowest BCUT2D eigenvalue weighted by molar-refractivity contribution is -0.121. The molecule has 2 aromatic carbocycles. The van der Waals surface area contributed by atoms with Gasteiger partial charge in [-0.1, -0.05) is 24.3 Å². The van der Waals surface area contributed by atoms with Gasteiger partial charge in [0.25, 0.3) is 0 Å². The Hall–Kier alpha value is -2.33. The van der Waals surface area contributed by atoms with Crippen LogP contribution in [-0.2, 0) is 16.1 Å². The molecule has 2 rings (SSSR count). The Morgan fingerprint density at radius 2 is 1.91 bits per heavy atom. The zero-order chi connectivity index (χ0) is 15.9. The predicted molar refractivity (Wildman–Crippen MR) is 87.2 cm³/mol. The second kappa shape index (κ2) is 7.61. The fourth-order valence-electron chi connectivity index (χ4n) is 2.10. The summed E-state index contributed by atoms with van der Waals surface area (Å²) >= 11 is 0. The first-order valence-corrected chi connectivity index (χ1v) is 7.17. The molecule has 0 bridgehead atoms. The first-order chi connectivity index (χ1) is 10.6. The van der Waals surface area contributed by atoms with E-state index in [1.54, 1.807) is 7.11 Å². The lowest BCUT2D eigenvalue weighted by atomic mass is 10.1. The Morgan fingerprint density at radius 3 is 2.68 bits per heavy atom. The first-order valence-electron chi connectivity index (χ1n) is 7.17. The number of hydrogen-bond donors (Lipinski definition) is 1. The molecule has 0 radical (unpaired) electrons. The van der Waals surface area contributed by atoms with Crippen LogP contribution in [0.4, 0.5) is 5.69 Å². The third-order valence-corrected chi connectivity index (χ3v) is 3.51. The number of anilines is 1. The molecule has 0 saturated heterocycles. The summed E-state index contributed by atoms with van der Waals surface area (Å²) in [5.74, 6) is 0.623. The highest BCUT2D eigenvalue weighted by Gasteiger charge is 2.06. The second-order valence-corrected chi connectivity index (χ2v) is 5.14. The molecule has 0 aromatic heterocycles. The smallest absolute Gasteiger partial charge is 0.250 e. The molecule has 0 saturated carbocycles. The van der Waals surface area contributed by atoms with Gasteiger partial charge in [-0.25, -0.2) is 0 Å². The van der Waals surface area contributed by atoms with Crippen LogP contribution in [0, 0.1) is 13.8 Å². The monoisotopic (exact) mass is 299 g/mol. The molecule has 1 amide bonds. The molecular weight excluding hydrogens is 278 g/mol. The molecule has 0 fully saturated rings. The number of carbonyl (C=O) groups excluding carboxylic acids is 1. The normalized spacial score (nSPS) is 10.3. The van der Waals surface area contributed by atoms with Crippen LogP contribution < -0.4 is 10.1 Å². The van der Waals surface area contributed by atoms with Gasteiger partial charge in [0.05, 0.1) is 13.7 Å². The zero-order valence-electron chi connectivity index (χ0n) is 13.2. The van der Waals surface area contributed by atoms with E-state index in [0.29, 0.717) is 6.61 Å². The molecule has 116 valence electrons. The number of carbonyl (C=O) groups is 1. The van der Waals surface area contributed by atoms with Crippen LogP contribution in [0.25, 0.3) is 0 Å². The third-order valence-electron chi connectivity index (χ3n) is 3.51. The Morgan fingerprint density at radius 1 is 1.14 bits per heavy atom. The molecule has 4 heteroatoms. The van der Waals surface area contributed by atoms with Gasteiger partial charge >= 0.3 is 0 Å². The number of benzene rings is 2. The van der Waals surface area contributed by atoms with Gasteiger partial charge in [0, 0.05) is 5.69 Å². The average Bonchev–Trinajstić information content (AvgIpc) is 2.52. The van der Waals surface area contributed by atoms with Crippen molar-refractivity contribution in [3.8, 4) is 5.75 Å². The van der Waals surface area contributed by atoms with E-state index >= 15 is 0 Å². The van der Waals surface area contributed by atoms with Gasteiger partial charge in [-0.05, 0) is 48.7 Å². The Labute approximate surface area is 131 Å². The van der Waals surface area contributed by atoms with E-state index in [0.717, 1.165) is 28.1 Å². The second-order valence-electron chi connectivity index (χ2n) is 5.14. The molecular formula is C18H21NO3. The minimum Gasteiger partial charge on any atom is -0.497 e. The van der Waals surface area contributed by atoms with Gasteiger partial charge in [-0.2, -0.15) is 0 Å². The van der Waals surface area contributed by atoms with Gasteiger partial charge in [0.15, 0.2) is 0 Å². The van der Waals surface area contributed by atoms with Crippen molar-refractivity contribution in [2.45, 2.75) is 20.5 Å². The van der Waals surface area contributed by atoms with Crippen LogP contribution in [0.3, 0.4) is 0 Å². The summed E-state index contributed by atoms with van der Waals surface area (Å²) in [7, 11) is 1.62. The minimum atomic E-state index is -0.156. The number of hydrogen-bond acceptors (Lipinski definition) is 3. The van der Waals surface area contributed by atoms with Crippen LogP contribution >= 0.6 is 0 Å². The lowest BCUT2D eigenvalue weighted by Gasteiger charge is -2.11. The van der Waals surface area contributed by atoms with Gasteiger partial charge in [-0.15, -0.1) is 0 Å². The highest BCUT2D eigenvalue weighted by atomic mass is 16.5. The van der Waals surface area contributed by atoms with Gasteiger partial charge in [-0.3, -0.25) is 4.79 Å². The number of nitrogens with one attached hydrogen (secondary N) is 1. The largest absolute Gasteiger partial charge is 0.497 e. The van der Waals surface area contributed by atoms with Crippen molar-refractivity contribution in [1.29, 1.82) is 0 Å². The van der Waals surface area contributed by atoms with Gasteiger partial charge in [0.1, 0.15) is 12.4 Å². The fourth-order valence-corrected chi connectivity index (χ4v) is 2.10. The summed E-state index contributed by atoms with van der Waals surface area (Å²) < 4.78 is 10.6. The van der Waals surface area contributed by atoms with Crippen molar-refractivity contribution in [2.75, 3.05) is 19.0 Å². The summed E-state index contributed by atoms with van der Waals surface area (Å²) in [6.07, 6.45) is 0. The molecule has 4 nitrogen and oxygen atoms in total. The lowest BCUT2D eigenvalue weighted by Crippen LogP contribution is -2.19. The third kappa shape index (κ3) is 4.33. The average molecular weight is 299 g/mol. The molecule has 1 N–H and O–H groups in total. The van der Waals surface area contributed by atoms with Crippen LogP contribution in [0.1, 0.15) is 16.7 Å². The predicted octanol–water partition coefficient (Wildman–Crippen LogP) is 3.47. The Balaban J connectivity index is 1.84. The highest BCUT2D eigenvalue weighted by Crippen LogP contribution is 2.18. The highest BCUT2D eigenvalue weighted by molar-refractivity contribution is 5.92. The van der Waals surface area contributed by atoms with E-state index < -0.39 is 0 Å². The summed E-state index contributed by atoms with van der Waals surface area (Å²) in [5, 5.41) is 2.87. The number of methoxy groups -OCH3 is 1. The van der Waals surface area contributed by atoms with E-state index in [1.165, 1.54) is 0 Å². The SMILES string of the molecule is COc1cccc(COCC(=O)Nc2cccc(C)c2C)c1. The van der Waals surface area contributed by atoms with Crippen molar-refractivity contribution in [1.82, 2.24) is 0 Å². The van der Waals surface area contributed by atoms with E-state index in [9.17, 15) is 4.79 Å². The van der Waals surface area contributed by atoms with Crippen LogP contribution in [0.2, 0.25) is 0 Å². The van der Waals surface area contributed by atoms with Crippen molar-refractivity contribution in [3.63, 3.8) is 0 Å². The Kier molecular flexibility index (Phi) is 5.55. The van der Waals surface area contributed by atoms with Crippen LogP contribution in [-0.4, -0.2) is 19.6 Å². The molecule has 0 aliphatic rings. The maximum atomic E-state index is 11.9. The number of amides is 1. The van der Waals surface area contributed by atoms with Crippen LogP contribution in [0.5, 0.6) is 5.75 Å². The molecule has 0 aliphatic carbocycles. The summed E-state index contributed by atoms with van der Waals surface area (Å²) in [4.78, 5) is 11.9. The number of aryl methyl sites for hydroxylation is 1. The van der Waals surface area contributed by atoms with Gasteiger partial charge < -0.3 is 14.8 Å². The van der Waals surface area contributed by atoms with Crippen LogP contribution in [0.15, 0.2) is 42.5 Å². The van der Waals surface area contributed by atoms with Crippen molar-refractivity contribution in [3.05, 3.63) is 59.2 Å².